The molecule has 1 aliphatic heterocycles. The van der Waals surface area contributed by atoms with Gasteiger partial charge >= 0.3 is 5.97 Å². The fourth-order valence-corrected chi connectivity index (χ4v) is 6.31. The number of aryl methyl sites for hydroxylation is 1. The van der Waals surface area contributed by atoms with Crippen LogP contribution in [0.2, 0.25) is 0 Å². The molecule has 1 saturated carbocycles. The molecule has 10 heteroatoms. The Morgan fingerprint density at radius 2 is 2.00 bits per heavy atom. The van der Waals surface area contributed by atoms with E-state index in [1.54, 1.807) is 23.9 Å². The predicted octanol–water partition coefficient (Wildman–Crippen LogP) is 3.99. The normalized spacial score (nSPS) is 19.3. The predicted molar refractivity (Wildman–Crippen MR) is 128 cm³/mol. The highest BCUT2D eigenvalue weighted by molar-refractivity contribution is 7.91. The minimum Gasteiger partial charge on any atom is -0.452 e. The number of sulfone groups is 1. The average Bonchev–Trinajstić information content (AvgIpc) is 3.35. The van der Waals surface area contributed by atoms with Crippen LogP contribution in [0.3, 0.4) is 0 Å². The molecule has 35 heavy (non-hydrogen) atoms. The summed E-state index contributed by atoms with van der Waals surface area (Å²) in [4.78, 5) is 22.3. The summed E-state index contributed by atoms with van der Waals surface area (Å²) in [6, 6.07) is 11.1. The molecule has 6 rings (SSSR count). The second-order valence-corrected chi connectivity index (χ2v) is 11.4. The van der Waals surface area contributed by atoms with E-state index in [-0.39, 0.29) is 24.2 Å². The highest BCUT2D eigenvalue weighted by Gasteiger charge is 2.34. The molecule has 2 aliphatic rings. The third kappa shape index (κ3) is 4.22. The lowest BCUT2D eigenvalue weighted by Gasteiger charge is -2.11. The summed E-state index contributed by atoms with van der Waals surface area (Å²) >= 11 is 0. The number of rotatable bonds is 6. The molecule has 4 heterocycles. The number of carbonyl (C=O) groups excluding carboxylic acids is 1. The van der Waals surface area contributed by atoms with Gasteiger partial charge in [0.05, 0.1) is 40.4 Å². The van der Waals surface area contributed by atoms with Gasteiger partial charge in [0, 0.05) is 17.2 Å². The van der Waals surface area contributed by atoms with Gasteiger partial charge in [-0.05, 0) is 32.3 Å². The second-order valence-electron chi connectivity index (χ2n) is 9.21. The standard InChI is InChI=1S/C25H24N4O5S/c1-15-23-19(25(30)33-13-22-26-12-21(34-22)17-5-3-2-4-6-17)11-20(16-7-8-16)27-24(23)29(28-15)18-9-10-35(31,32)14-18/h2-6,11-12,16,18H,7-10,13-14H2,1H3. The number of oxazole rings is 1. The van der Waals surface area contributed by atoms with Gasteiger partial charge < -0.3 is 9.15 Å². The molecule has 3 aromatic heterocycles. The van der Waals surface area contributed by atoms with Crippen LogP contribution in [-0.2, 0) is 21.2 Å². The van der Waals surface area contributed by atoms with E-state index in [0.29, 0.717) is 46.3 Å². The molecule has 1 saturated heterocycles. The molecule has 0 N–H and O–H groups in total. The third-order valence-electron chi connectivity index (χ3n) is 6.57. The Bertz CT molecular complexity index is 1540. The van der Waals surface area contributed by atoms with Crippen molar-refractivity contribution in [3.05, 3.63) is 65.4 Å². The molecular formula is C25H24N4O5S. The maximum Gasteiger partial charge on any atom is 0.339 e. The van der Waals surface area contributed by atoms with Crippen molar-refractivity contribution < 1.29 is 22.4 Å². The first-order chi connectivity index (χ1) is 16.9. The summed E-state index contributed by atoms with van der Waals surface area (Å²) in [5, 5.41) is 5.21. The van der Waals surface area contributed by atoms with Crippen molar-refractivity contribution in [1.29, 1.82) is 0 Å². The van der Waals surface area contributed by atoms with Gasteiger partial charge in [0.25, 0.3) is 0 Å². The lowest BCUT2D eigenvalue weighted by molar-refractivity contribution is 0.0441. The Morgan fingerprint density at radius 3 is 2.71 bits per heavy atom. The van der Waals surface area contributed by atoms with Gasteiger partial charge in [-0.3, -0.25) is 0 Å². The van der Waals surface area contributed by atoms with Crippen LogP contribution in [-0.4, -0.2) is 45.6 Å². The monoisotopic (exact) mass is 492 g/mol. The van der Waals surface area contributed by atoms with Crippen LogP contribution in [0, 0.1) is 6.92 Å². The van der Waals surface area contributed by atoms with Crippen LogP contribution in [0.25, 0.3) is 22.4 Å². The molecule has 0 bridgehead atoms. The number of pyridine rings is 1. The Labute approximate surface area is 202 Å². The van der Waals surface area contributed by atoms with Crippen LogP contribution in [0.5, 0.6) is 0 Å². The summed E-state index contributed by atoms with van der Waals surface area (Å²) in [7, 11) is -3.10. The Hall–Kier alpha value is -3.53. The third-order valence-corrected chi connectivity index (χ3v) is 8.32. The fourth-order valence-electron chi connectivity index (χ4n) is 4.62. The van der Waals surface area contributed by atoms with Gasteiger partial charge in [0.2, 0.25) is 5.89 Å². The van der Waals surface area contributed by atoms with Gasteiger partial charge in [0.15, 0.2) is 27.9 Å². The molecule has 1 aromatic carbocycles. The minimum absolute atomic E-state index is 0.0340. The average molecular weight is 493 g/mol. The van der Waals surface area contributed by atoms with E-state index < -0.39 is 15.8 Å². The van der Waals surface area contributed by atoms with Crippen LogP contribution in [0.4, 0.5) is 0 Å². The van der Waals surface area contributed by atoms with Gasteiger partial charge in [-0.15, -0.1) is 0 Å². The quantitative estimate of drug-likeness (QED) is 0.371. The molecule has 1 atom stereocenters. The summed E-state index contributed by atoms with van der Waals surface area (Å²) in [6.45, 7) is 1.69. The highest BCUT2D eigenvalue weighted by atomic mass is 32.2. The number of carbonyl (C=O) groups is 1. The van der Waals surface area contributed by atoms with E-state index >= 15 is 0 Å². The Morgan fingerprint density at radius 1 is 1.20 bits per heavy atom. The number of ether oxygens (including phenoxy) is 1. The summed E-state index contributed by atoms with van der Waals surface area (Å²) in [5.74, 6) is 0.849. The molecule has 1 unspecified atom stereocenters. The van der Waals surface area contributed by atoms with Crippen LogP contribution in [0.15, 0.2) is 47.0 Å². The number of esters is 1. The van der Waals surface area contributed by atoms with Crippen LogP contribution in [0.1, 0.15) is 58.9 Å². The van der Waals surface area contributed by atoms with Gasteiger partial charge in [0.1, 0.15) is 0 Å². The van der Waals surface area contributed by atoms with Crippen molar-refractivity contribution >= 4 is 26.8 Å². The first kappa shape index (κ1) is 22.0. The van der Waals surface area contributed by atoms with Crippen LogP contribution >= 0.6 is 0 Å². The molecule has 1 aliphatic carbocycles. The summed E-state index contributed by atoms with van der Waals surface area (Å²) < 4.78 is 37.2. The smallest absolute Gasteiger partial charge is 0.339 e. The first-order valence-corrected chi connectivity index (χ1v) is 13.5. The highest BCUT2D eigenvalue weighted by Crippen LogP contribution is 2.41. The minimum atomic E-state index is -3.10. The van der Waals surface area contributed by atoms with Crippen molar-refractivity contribution in [2.24, 2.45) is 0 Å². The van der Waals surface area contributed by atoms with E-state index in [1.165, 1.54) is 0 Å². The molecule has 4 aromatic rings. The van der Waals surface area contributed by atoms with Gasteiger partial charge in [-0.1, -0.05) is 30.3 Å². The largest absolute Gasteiger partial charge is 0.452 e. The molecule has 2 fully saturated rings. The van der Waals surface area contributed by atoms with Gasteiger partial charge in [-0.25, -0.2) is 27.9 Å². The summed E-state index contributed by atoms with van der Waals surface area (Å²) in [5.41, 5.74) is 3.25. The molecule has 0 amide bonds. The lowest BCUT2D eigenvalue weighted by Crippen LogP contribution is -2.14. The maximum atomic E-state index is 13.2. The van der Waals surface area contributed by atoms with E-state index in [1.807, 2.05) is 30.3 Å². The topological polar surface area (TPSA) is 117 Å². The molecule has 180 valence electrons. The Balaban J connectivity index is 1.30. The first-order valence-electron chi connectivity index (χ1n) is 11.7. The molecule has 0 spiro atoms. The number of benzene rings is 1. The summed E-state index contributed by atoms with van der Waals surface area (Å²) in [6.07, 6.45) is 4.12. The van der Waals surface area contributed by atoms with E-state index in [4.69, 9.17) is 14.1 Å². The lowest BCUT2D eigenvalue weighted by atomic mass is 10.1. The second kappa shape index (κ2) is 8.30. The molecular weight excluding hydrogens is 468 g/mol. The molecule has 0 radical (unpaired) electrons. The maximum absolute atomic E-state index is 13.2. The number of fused-ring (bicyclic) bond motifs is 1. The van der Waals surface area contributed by atoms with E-state index in [9.17, 15) is 13.2 Å². The number of hydrogen-bond acceptors (Lipinski definition) is 8. The van der Waals surface area contributed by atoms with Crippen molar-refractivity contribution in [3.63, 3.8) is 0 Å². The number of nitrogens with zero attached hydrogens (tertiary/aromatic N) is 4. The SMILES string of the molecule is Cc1nn(C2CCS(=O)(=O)C2)c2nc(C3CC3)cc(C(=O)OCc3ncc(-c4ccccc4)o3)c12. The van der Waals surface area contributed by atoms with Crippen molar-refractivity contribution in [2.45, 2.75) is 44.8 Å². The molecule has 9 nitrogen and oxygen atoms in total. The van der Waals surface area contributed by atoms with E-state index in [0.717, 1.165) is 24.1 Å². The van der Waals surface area contributed by atoms with Crippen LogP contribution < -0.4 is 0 Å². The zero-order valence-electron chi connectivity index (χ0n) is 19.2. The fraction of sp³-hybridized carbons (Fsp3) is 0.360. The van der Waals surface area contributed by atoms with Crippen molar-refractivity contribution in [3.8, 4) is 11.3 Å². The van der Waals surface area contributed by atoms with Gasteiger partial charge in [-0.2, -0.15) is 5.10 Å². The zero-order valence-corrected chi connectivity index (χ0v) is 20.0. The van der Waals surface area contributed by atoms with Crippen molar-refractivity contribution in [1.82, 2.24) is 19.7 Å². The van der Waals surface area contributed by atoms with Crippen molar-refractivity contribution in [2.75, 3.05) is 11.5 Å². The Kier molecular flexibility index (Phi) is 5.21. The van der Waals surface area contributed by atoms with E-state index in [2.05, 4.69) is 10.1 Å². The zero-order chi connectivity index (χ0) is 24.2. The number of hydrogen-bond donors (Lipinski definition) is 0. The number of aromatic nitrogens is 4.